The van der Waals surface area contributed by atoms with Crippen LogP contribution in [0.25, 0.3) is 0 Å². The average Bonchev–Trinajstić information content (AvgIpc) is 3.09. The highest BCUT2D eigenvalue weighted by atomic mass is 35.5. The maximum absolute atomic E-state index is 12.5. The van der Waals surface area contributed by atoms with Gasteiger partial charge >= 0.3 is 0 Å². The summed E-state index contributed by atoms with van der Waals surface area (Å²) < 4.78 is 5.44. The van der Waals surface area contributed by atoms with E-state index in [1.54, 1.807) is 34.1 Å². The second-order valence-corrected chi connectivity index (χ2v) is 6.01. The third-order valence-electron chi connectivity index (χ3n) is 4.19. The number of rotatable bonds is 2. The molecule has 3 rings (SSSR count). The van der Waals surface area contributed by atoms with Crippen molar-refractivity contribution >= 4 is 23.4 Å². The SMILES string of the molecule is O=C(c1ccccc1Cl)N1CCN(C(=O)C2CCCO2)CC1. The molecule has 118 valence electrons. The van der Waals surface area contributed by atoms with Crippen LogP contribution in [0.3, 0.4) is 0 Å². The smallest absolute Gasteiger partial charge is 0.255 e. The number of piperazine rings is 1. The number of amides is 2. The van der Waals surface area contributed by atoms with Crippen LogP contribution in [0.5, 0.6) is 0 Å². The Labute approximate surface area is 134 Å². The van der Waals surface area contributed by atoms with Gasteiger partial charge in [-0.15, -0.1) is 0 Å². The summed E-state index contributed by atoms with van der Waals surface area (Å²) in [5.41, 5.74) is 0.517. The minimum atomic E-state index is -0.286. The zero-order valence-corrected chi connectivity index (χ0v) is 13.1. The lowest BCUT2D eigenvalue weighted by Gasteiger charge is -2.35. The van der Waals surface area contributed by atoms with Gasteiger partial charge in [0, 0.05) is 32.8 Å². The minimum Gasteiger partial charge on any atom is -0.368 e. The molecule has 1 atom stereocenters. The third-order valence-corrected chi connectivity index (χ3v) is 4.52. The van der Waals surface area contributed by atoms with Gasteiger partial charge in [0.15, 0.2) is 0 Å². The molecule has 2 fully saturated rings. The van der Waals surface area contributed by atoms with Gasteiger partial charge < -0.3 is 14.5 Å². The van der Waals surface area contributed by atoms with Crippen molar-refractivity contribution < 1.29 is 14.3 Å². The predicted molar refractivity (Wildman–Crippen MR) is 82.9 cm³/mol. The van der Waals surface area contributed by atoms with Crippen LogP contribution in [-0.4, -0.2) is 60.5 Å². The van der Waals surface area contributed by atoms with E-state index in [1.165, 1.54) is 0 Å². The van der Waals surface area contributed by atoms with Crippen LogP contribution in [0.2, 0.25) is 5.02 Å². The molecule has 0 saturated carbocycles. The summed E-state index contributed by atoms with van der Waals surface area (Å²) in [7, 11) is 0. The molecule has 0 aromatic heterocycles. The van der Waals surface area contributed by atoms with Crippen molar-refractivity contribution in [3.8, 4) is 0 Å². The van der Waals surface area contributed by atoms with E-state index in [-0.39, 0.29) is 17.9 Å². The van der Waals surface area contributed by atoms with Crippen molar-refractivity contribution in [3.05, 3.63) is 34.9 Å². The van der Waals surface area contributed by atoms with Crippen molar-refractivity contribution in [2.24, 2.45) is 0 Å². The summed E-state index contributed by atoms with van der Waals surface area (Å²) in [5, 5.41) is 0.463. The molecular formula is C16H19ClN2O3. The summed E-state index contributed by atoms with van der Waals surface area (Å²) in [6.45, 7) is 2.83. The van der Waals surface area contributed by atoms with Crippen LogP contribution in [0, 0.1) is 0 Å². The first-order valence-corrected chi connectivity index (χ1v) is 7.99. The lowest BCUT2D eigenvalue weighted by Crippen LogP contribution is -2.52. The number of ether oxygens (including phenoxy) is 1. The number of halogens is 1. The number of carbonyl (C=O) groups excluding carboxylic acids is 2. The summed E-state index contributed by atoms with van der Waals surface area (Å²) in [6, 6.07) is 7.05. The molecule has 5 nitrogen and oxygen atoms in total. The Morgan fingerprint density at radius 2 is 1.77 bits per heavy atom. The Balaban J connectivity index is 1.58. The molecule has 2 aliphatic rings. The van der Waals surface area contributed by atoms with E-state index < -0.39 is 0 Å². The van der Waals surface area contributed by atoms with Crippen LogP contribution in [0.4, 0.5) is 0 Å². The van der Waals surface area contributed by atoms with Crippen molar-refractivity contribution in [2.75, 3.05) is 32.8 Å². The maximum Gasteiger partial charge on any atom is 0.255 e. The van der Waals surface area contributed by atoms with Crippen molar-refractivity contribution in [2.45, 2.75) is 18.9 Å². The Bertz CT molecular complexity index is 564. The Kier molecular flexibility index (Phi) is 4.64. The molecule has 1 unspecified atom stereocenters. The van der Waals surface area contributed by atoms with E-state index >= 15 is 0 Å². The normalized spacial score (nSPS) is 22.0. The maximum atomic E-state index is 12.5. The fraction of sp³-hybridized carbons (Fsp3) is 0.500. The molecule has 22 heavy (non-hydrogen) atoms. The molecule has 6 heteroatoms. The molecular weight excluding hydrogens is 304 g/mol. The second kappa shape index (κ2) is 6.67. The number of hydrogen-bond acceptors (Lipinski definition) is 3. The van der Waals surface area contributed by atoms with E-state index in [0.717, 1.165) is 12.8 Å². The van der Waals surface area contributed by atoms with Gasteiger partial charge in [-0.2, -0.15) is 0 Å². The molecule has 0 aliphatic carbocycles. The van der Waals surface area contributed by atoms with Gasteiger partial charge in [-0.25, -0.2) is 0 Å². The highest BCUT2D eigenvalue weighted by Crippen LogP contribution is 2.19. The van der Waals surface area contributed by atoms with Crippen molar-refractivity contribution in [3.63, 3.8) is 0 Å². The highest BCUT2D eigenvalue weighted by molar-refractivity contribution is 6.33. The Morgan fingerprint density at radius 3 is 2.41 bits per heavy atom. The molecule has 2 amide bonds. The summed E-state index contributed by atoms with van der Waals surface area (Å²) in [5.74, 6) is -0.0165. The largest absolute Gasteiger partial charge is 0.368 e. The minimum absolute atomic E-state index is 0.0577. The standard InChI is InChI=1S/C16H19ClN2O3/c17-13-5-2-1-4-12(13)15(20)18-7-9-19(10-8-18)16(21)14-6-3-11-22-14/h1-2,4-5,14H,3,6-11H2. The Morgan fingerprint density at radius 1 is 1.09 bits per heavy atom. The number of carbonyl (C=O) groups is 2. The fourth-order valence-electron chi connectivity index (χ4n) is 2.91. The zero-order chi connectivity index (χ0) is 15.5. The summed E-state index contributed by atoms with van der Waals surface area (Å²) in [4.78, 5) is 28.3. The Hall–Kier alpha value is -1.59. The van der Waals surface area contributed by atoms with Crippen molar-refractivity contribution in [1.29, 1.82) is 0 Å². The first-order valence-electron chi connectivity index (χ1n) is 7.61. The average molecular weight is 323 g/mol. The van der Waals surface area contributed by atoms with E-state index in [2.05, 4.69) is 0 Å². The monoisotopic (exact) mass is 322 g/mol. The third kappa shape index (κ3) is 3.10. The molecule has 2 aliphatic heterocycles. The summed E-state index contributed by atoms with van der Waals surface area (Å²) in [6.07, 6.45) is 1.46. The topological polar surface area (TPSA) is 49.9 Å². The first-order chi connectivity index (χ1) is 10.7. The number of benzene rings is 1. The van der Waals surface area contributed by atoms with Gasteiger partial charge in [0.2, 0.25) is 0 Å². The molecule has 0 bridgehead atoms. The van der Waals surface area contributed by atoms with Gasteiger partial charge in [0.25, 0.3) is 11.8 Å². The zero-order valence-electron chi connectivity index (χ0n) is 12.3. The van der Waals surface area contributed by atoms with Crippen LogP contribution in [0.15, 0.2) is 24.3 Å². The molecule has 1 aromatic carbocycles. The number of nitrogens with zero attached hydrogens (tertiary/aromatic N) is 2. The van der Waals surface area contributed by atoms with E-state index in [0.29, 0.717) is 43.4 Å². The number of hydrogen-bond donors (Lipinski definition) is 0. The fourth-order valence-corrected chi connectivity index (χ4v) is 3.13. The van der Waals surface area contributed by atoms with Crippen LogP contribution < -0.4 is 0 Å². The van der Waals surface area contributed by atoms with Crippen LogP contribution in [-0.2, 0) is 9.53 Å². The van der Waals surface area contributed by atoms with Crippen LogP contribution >= 0.6 is 11.6 Å². The predicted octanol–water partition coefficient (Wildman–Crippen LogP) is 1.80. The van der Waals surface area contributed by atoms with E-state index in [4.69, 9.17) is 16.3 Å². The first kappa shape index (κ1) is 15.3. The summed E-state index contributed by atoms with van der Waals surface area (Å²) >= 11 is 6.07. The molecule has 0 spiro atoms. The van der Waals surface area contributed by atoms with Gasteiger partial charge in [-0.05, 0) is 25.0 Å². The van der Waals surface area contributed by atoms with Gasteiger partial charge in [0.05, 0.1) is 10.6 Å². The van der Waals surface area contributed by atoms with Gasteiger partial charge in [-0.1, -0.05) is 23.7 Å². The van der Waals surface area contributed by atoms with Crippen molar-refractivity contribution in [1.82, 2.24) is 9.80 Å². The quantitative estimate of drug-likeness (QED) is 0.834. The molecule has 2 heterocycles. The van der Waals surface area contributed by atoms with E-state index in [1.807, 2.05) is 0 Å². The highest BCUT2D eigenvalue weighted by Gasteiger charge is 2.31. The molecule has 2 saturated heterocycles. The second-order valence-electron chi connectivity index (χ2n) is 5.60. The van der Waals surface area contributed by atoms with Gasteiger partial charge in [-0.3, -0.25) is 9.59 Å². The van der Waals surface area contributed by atoms with Crippen LogP contribution in [0.1, 0.15) is 23.2 Å². The molecule has 0 N–H and O–H groups in total. The lowest BCUT2D eigenvalue weighted by molar-refractivity contribution is -0.142. The van der Waals surface area contributed by atoms with E-state index in [9.17, 15) is 9.59 Å². The molecule has 1 aromatic rings. The lowest BCUT2D eigenvalue weighted by atomic mass is 10.1. The molecule has 0 radical (unpaired) electrons. The van der Waals surface area contributed by atoms with Gasteiger partial charge in [0.1, 0.15) is 6.10 Å².